The molecule has 2 aromatic carbocycles. The van der Waals surface area contributed by atoms with Gasteiger partial charge in [-0.25, -0.2) is 4.39 Å². The first-order chi connectivity index (χ1) is 14.6. The zero-order valence-electron chi connectivity index (χ0n) is 16.8. The molecule has 1 aliphatic heterocycles. The molecule has 0 fully saturated rings. The van der Waals surface area contributed by atoms with Crippen molar-refractivity contribution >= 4 is 11.6 Å². The summed E-state index contributed by atoms with van der Waals surface area (Å²) in [6.45, 7) is 2.83. The Bertz CT molecular complexity index is 1060. The van der Waals surface area contributed by atoms with E-state index in [-0.39, 0.29) is 24.9 Å². The number of unbranched alkanes of at least 4 members (excludes halogenated alkanes) is 2. The molecular formula is C23H24FN3O3. The molecule has 0 unspecified atom stereocenters. The van der Waals surface area contributed by atoms with E-state index in [2.05, 4.69) is 5.32 Å². The van der Waals surface area contributed by atoms with Gasteiger partial charge in [-0.2, -0.15) is 5.10 Å². The Hall–Kier alpha value is -3.19. The van der Waals surface area contributed by atoms with E-state index in [0.29, 0.717) is 18.0 Å². The van der Waals surface area contributed by atoms with E-state index in [9.17, 15) is 9.18 Å². The zero-order valence-corrected chi connectivity index (χ0v) is 16.8. The summed E-state index contributed by atoms with van der Waals surface area (Å²) in [5.74, 6) is 0.158. The number of halogens is 1. The molecular weight excluding hydrogens is 385 g/mol. The number of aromatic nitrogens is 2. The number of amides is 1. The number of fused-ring (bicyclic) bond motifs is 1. The summed E-state index contributed by atoms with van der Waals surface area (Å²) in [5, 5.41) is 16.6. The number of aryl methyl sites for hydroxylation is 2. The molecule has 2 heterocycles. The molecule has 3 aromatic rings. The van der Waals surface area contributed by atoms with E-state index < -0.39 is 0 Å². The van der Waals surface area contributed by atoms with Crippen LogP contribution in [0.2, 0.25) is 0 Å². The molecule has 0 saturated heterocycles. The fourth-order valence-corrected chi connectivity index (χ4v) is 3.78. The molecule has 2 N–H and O–H groups in total. The lowest BCUT2D eigenvalue weighted by atomic mass is 9.98. The summed E-state index contributed by atoms with van der Waals surface area (Å²) < 4.78 is 21.0. The number of nitrogens with one attached hydrogen (secondary N) is 1. The van der Waals surface area contributed by atoms with Gasteiger partial charge in [0.25, 0.3) is 5.91 Å². The monoisotopic (exact) mass is 409 g/mol. The van der Waals surface area contributed by atoms with Gasteiger partial charge >= 0.3 is 0 Å². The summed E-state index contributed by atoms with van der Waals surface area (Å²) >= 11 is 0. The molecule has 0 bridgehead atoms. The summed E-state index contributed by atoms with van der Waals surface area (Å²) in [7, 11) is 0. The van der Waals surface area contributed by atoms with E-state index in [1.807, 2.05) is 29.8 Å². The second kappa shape index (κ2) is 8.67. The van der Waals surface area contributed by atoms with Crippen molar-refractivity contribution in [1.82, 2.24) is 9.78 Å². The number of aliphatic hydroxyl groups excluding tert-OH is 1. The first-order valence-electron chi connectivity index (χ1n) is 10.1. The van der Waals surface area contributed by atoms with Gasteiger partial charge in [0.15, 0.2) is 6.61 Å². The Labute approximate surface area is 174 Å². The van der Waals surface area contributed by atoms with Gasteiger partial charge in [-0.05, 0) is 68.1 Å². The number of rotatable bonds is 7. The van der Waals surface area contributed by atoms with Crippen LogP contribution in [0.15, 0.2) is 42.5 Å². The summed E-state index contributed by atoms with van der Waals surface area (Å²) in [4.78, 5) is 11.7. The minimum absolute atomic E-state index is 0.0119. The second-order valence-corrected chi connectivity index (χ2v) is 7.37. The topological polar surface area (TPSA) is 76.4 Å². The molecule has 0 saturated carbocycles. The van der Waals surface area contributed by atoms with Crippen LogP contribution in [0.1, 0.15) is 25.0 Å². The van der Waals surface area contributed by atoms with Crippen LogP contribution in [0.25, 0.3) is 22.4 Å². The maximum absolute atomic E-state index is 13.5. The third kappa shape index (κ3) is 4.07. The molecule has 0 radical (unpaired) electrons. The smallest absolute Gasteiger partial charge is 0.262 e. The molecule has 30 heavy (non-hydrogen) atoms. The zero-order chi connectivity index (χ0) is 21.1. The van der Waals surface area contributed by atoms with Crippen molar-refractivity contribution in [3.63, 3.8) is 0 Å². The molecule has 0 spiro atoms. The third-order valence-electron chi connectivity index (χ3n) is 5.17. The predicted molar refractivity (Wildman–Crippen MR) is 113 cm³/mol. The van der Waals surface area contributed by atoms with Crippen molar-refractivity contribution in [3.8, 4) is 28.1 Å². The lowest BCUT2D eigenvalue weighted by Crippen LogP contribution is -2.25. The van der Waals surface area contributed by atoms with Crippen molar-refractivity contribution in [1.29, 1.82) is 0 Å². The van der Waals surface area contributed by atoms with Crippen LogP contribution >= 0.6 is 0 Å². The van der Waals surface area contributed by atoms with Crippen LogP contribution in [-0.2, 0) is 11.3 Å². The van der Waals surface area contributed by atoms with Gasteiger partial charge in [0.05, 0.1) is 17.1 Å². The molecule has 1 aliphatic rings. The molecule has 0 aliphatic carbocycles. The van der Waals surface area contributed by atoms with Crippen LogP contribution in [-0.4, -0.2) is 34.0 Å². The summed E-state index contributed by atoms with van der Waals surface area (Å²) in [6.07, 6.45) is 2.53. The van der Waals surface area contributed by atoms with Crippen LogP contribution in [0, 0.1) is 12.7 Å². The predicted octanol–water partition coefficient (Wildman–Crippen LogP) is 4.16. The first-order valence-corrected chi connectivity index (χ1v) is 10.1. The molecule has 7 heteroatoms. The van der Waals surface area contributed by atoms with Gasteiger partial charge in [0.1, 0.15) is 11.6 Å². The normalized spacial score (nSPS) is 13.0. The highest BCUT2D eigenvalue weighted by Crippen LogP contribution is 2.39. The van der Waals surface area contributed by atoms with Crippen LogP contribution in [0.3, 0.4) is 0 Å². The largest absolute Gasteiger partial charge is 0.482 e. The fourth-order valence-electron chi connectivity index (χ4n) is 3.78. The Morgan fingerprint density at radius 2 is 1.90 bits per heavy atom. The number of aliphatic hydroxyl groups is 1. The highest BCUT2D eigenvalue weighted by Gasteiger charge is 2.22. The summed E-state index contributed by atoms with van der Waals surface area (Å²) in [5.41, 5.74) is 5.08. The van der Waals surface area contributed by atoms with Gasteiger partial charge in [0.2, 0.25) is 0 Å². The standard InChI is InChI=1S/C23H24FN3O3/c1-15-22(17-7-10-20-19(13-17)25-21(29)14-30-20)23(16-5-8-18(24)9-6-16)27(26-15)11-3-2-4-12-28/h5-10,13,28H,2-4,11-12,14H2,1H3,(H,25,29). The minimum atomic E-state index is -0.292. The Morgan fingerprint density at radius 1 is 1.13 bits per heavy atom. The number of hydrogen-bond donors (Lipinski definition) is 2. The number of carbonyl (C=O) groups excluding carboxylic acids is 1. The van der Waals surface area contributed by atoms with Crippen molar-refractivity contribution in [2.24, 2.45) is 0 Å². The molecule has 4 rings (SSSR count). The number of benzene rings is 2. The number of anilines is 1. The second-order valence-electron chi connectivity index (χ2n) is 7.37. The third-order valence-corrected chi connectivity index (χ3v) is 5.17. The van der Waals surface area contributed by atoms with Crippen molar-refractivity contribution in [2.75, 3.05) is 18.5 Å². The van der Waals surface area contributed by atoms with E-state index in [1.54, 1.807) is 12.1 Å². The van der Waals surface area contributed by atoms with Gasteiger partial charge in [-0.3, -0.25) is 9.48 Å². The van der Waals surface area contributed by atoms with E-state index >= 15 is 0 Å². The fraction of sp³-hybridized carbons (Fsp3) is 0.304. The number of nitrogens with zero attached hydrogens (tertiary/aromatic N) is 2. The Balaban J connectivity index is 1.79. The SMILES string of the molecule is Cc1nn(CCCCCO)c(-c2ccc(F)cc2)c1-c1ccc2c(c1)NC(=O)CO2. The summed E-state index contributed by atoms with van der Waals surface area (Å²) in [6, 6.07) is 12.1. The quantitative estimate of drug-likeness (QED) is 0.575. The van der Waals surface area contributed by atoms with Crippen molar-refractivity contribution in [2.45, 2.75) is 32.7 Å². The van der Waals surface area contributed by atoms with E-state index in [0.717, 1.165) is 47.3 Å². The maximum atomic E-state index is 13.5. The lowest BCUT2D eigenvalue weighted by molar-refractivity contribution is -0.118. The van der Waals surface area contributed by atoms with Crippen LogP contribution < -0.4 is 10.1 Å². The van der Waals surface area contributed by atoms with Gasteiger partial charge < -0.3 is 15.2 Å². The minimum Gasteiger partial charge on any atom is -0.482 e. The molecule has 6 nitrogen and oxygen atoms in total. The molecule has 156 valence electrons. The highest BCUT2D eigenvalue weighted by atomic mass is 19.1. The number of carbonyl (C=O) groups is 1. The average Bonchev–Trinajstić information content (AvgIpc) is 3.07. The van der Waals surface area contributed by atoms with Crippen molar-refractivity contribution in [3.05, 3.63) is 54.0 Å². The molecule has 0 atom stereocenters. The maximum Gasteiger partial charge on any atom is 0.262 e. The van der Waals surface area contributed by atoms with Crippen LogP contribution in [0.5, 0.6) is 5.75 Å². The van der Waals surface area contributed by atoms with E-state index in [4.69, 9.17) is 14.9 Å². The van der Waals surface area contributed by atoms with Crippen molar-refractivity contribution < 1.29 is 19.0 Å². The Kier molecular flexibility index (Phi) is 5.81. The molecule has 1 aromatic heterocycles. The average molecular weight is 409 g/mol. The van der Waals surface area contributed by atoms with E-state index in [1.165, 1.54) is 12.1 Å². The first kappa shape index (κ1) is 20.1. The van der Waals surface area contributed by atoms with Gasteiger partial charge in [0, 0.05) is 24.3 Å². The highest BCUT2D eigenvalue weighted by molar-refractivity contribution is 5.97. The number of ether oxygens (including phenoxy) is 1. The van der Waals surface area contributed by atoms with Crippen LogP contribution in [0.4, 0.5) is 10.1 Å². The molecule has 1 amide bonds. The lowest BCUT2D eigenvalue weighted by Gasteiger charge is -2.19. The number of hydrogen-bond acceptors (Lipinski definition) is 4. The Morgan fingerprint density at radius 3 is 2.67 bits per heavy atom. The van der Waals surface area contributed by atoms with Gasteiger partial charge in [-0.15, -0.1) is 0 Å². The van der Waals surface area contributed by atoms with Gasteiger partial charge in [-0.1, -0.05) is 6.07 Å².